The predicted molar refractivity (Wildman–Crippen MR) is 119 cm³/mol. The van der Waals surface area contributed by atoms with Crippen LogP contribution in [0.1, 0.15) is 51.5 Å². The number of carbonyl (C=O) groups excluding carboxylic acids is 3. The highest BCUT2D eigenvalue weighted by molar-refractivity contribution is 6.01. The summed E-state index contributed by atoms with van der Waals surface area (Å²) in [5, 5.41) is 5.25. The molecule has 170 valence electrons. The largest absolute Gasteiger partial charge is 0.444 e. The summed E-state index contributed by atoms with van der Waals surface area (Å²) in [6.45, 7) is 10.8. The average Bonchev–Trinajstić information content (AvgIpc) is 2.70. The number of nitrogens with one attached hydrogen (secondary N) is 2. The number of benzene rings is 1. The van der Waals surface area contributed by atoms with Gasteiger partial charge in [-0.2, -0.15) is 0 Å². The molecule has 3 amide bonds. The second-order valence-electron chi connectivity index (χ2n) is 9.21. The molecule has 31 heavy (non-hydrogen) atoms. The van der Waals surface area contributed by atoms with Crippen LogP contribution in [0.2, 0.25) is 0 Å². The third-order valence-electron chi connectivity index (χ3n) is 5.57. The molecule has 2 fully saturated rings. The normalized spacial score (nSPS) is 20.4. The number of alkyl carbamates (subject to hydrolysis) is 1. The Morgan fingerprint density at radius 3 is 2.61 bits per heavy atom. The molecule has 8 nitrogen and oxygen atoms in total. The van der Waals surface area contributed by atoms with Gasteiger partial charge in [0.1, 0.15) is 5.60 Å². The molecule has 1 unspecified atom stereocenters. The summed E-state index contributed by atoms with van der Waals surface area (Å²) in [6.07, 6.45) is 1.47. The Hall–Kier alpha value is -2.61. The van der Waals surface area contributed by atoms with Crippen molar-refractivity contribution in [2.75, 3.05) is 44.2 Å². The van der Waals surface area contributed by atoms with Gasteiger partial charge in [-0.3, -0.25) is 19.8 Å². The van der Waals surface area contributed by atoms with Gasteiger partial charge < -0.3 is 15.0 Å². The molecule has 0 spiro atoms. The molecule has 0 bridgehead atoms. The van der Waals surface area contributed by atoms with Crippen LogP contribution in [0.3, 0.4) is 0 Å². The van der Waals surface area contributed by atoms with E-state index in [2.05, 4.69) is 32.6 Å². The molecule has 2 N–H and O–H groups in total. The van der Waals surface area contributed by atoms with E-state index in [1.165, 1.54) is 0 Å². The summed E-state index contributed by atoms with van der Waals surface area (Å²) in [4.78, 5) is 40.0. The molecule has 2 aliphatic rings. The molecular weight excluding hydrogens is 396 g/mol. The Morgan fingerprint density at radius 2 is 1.94 bits per heavy atom. The number of carbonyl (C=O) groups is 3. The van der Waals surface area contributed by atoms with Gasteiger partial charge in [0.25, 0.3) is 0 Å². The minimum atomic E-state index is -0.476. The SMILES string of the molecule is CC(C)(C)OC(=O)NCCCN1CCN(c2cccc(C3CCC(=O)NC3=O)c2)CC1. The molecule has 2 heterocycles. The van der Waals surface area contributed by atoms with Gasteiger partial charge in [0.05, 0.1) is 5.92 Å². The lowest BCUT2D eigenvalue weighted by Crippen LogP contribution is -2.47. The van der Waals surface area contributed by atoms with Crippen LogP contribution >= 0.6 is 0 Å². The summed E-state index contributed by atoms with van der Waals surface area (Å²) in [6, 6.07) is 8.12. The van der Waals surface area contributed by atoms with Crippen LogP contribution in [-0.2, 0) is 14.3 Å². The maximum atomic E-state index is 12.2. The number of hydrogen-bond acceptors (Lipinski definition) is 6. The second-order valence-corrected chi connectivity index (χ2v) is 9.21. The first-order chi connectivity index (χ1) is 14.7. The molecule has 3 rings (SSSR count). The fourth-order valence-corrected chi connectivity index (χ4v) is 3.99. The first-order valence-electron chi connectivity index (χ1n) is 11.1. The summed E-state index contributed by atoms with van der Waals surface area (Å²) < 4.78 is 5.25. The molecule has 0 aliphatic carbocycles. The molecule has 0 aromatic heterocycles. The minimum absolute atomic E-state index is 0.185. The highest BCUT2D eigenvalue weighted by Gasteiger charge is 2.28. The number of piperazine rings is 1. The molecule has 1 aromatic carbocycles. The first-order valence-corrected chi connectivity index (χ1v) is 11.1. The minimum Gasteiger partial charge on any atom is -0.444 e. The maximum Gasteiger partial charge on any atom is 0.407 e. The molecule has 8 heteroatoms. The van der Waals surface area contributed by atoms with E-state index in [1.54, 1.807) is 0 Å². The van der Waals surface area contributed by atoms with Gasteiger partial charge in [0.2, 0.25) is 11.8 Å². The van der Waals surface area contributed by atoms with Crippen LogP contribution in [0.5, 0.6) is 0 Å². The first kappa shape index (κ1) is 23.1. The van der Waals surface area contributed by atoms with Crippen LogP contribution in [0.25, 0.3) is 0 Å². The van der Waals surface area contributed by atoms with Gasteiger partial charge in [-0.15, -0.1) is 0 Å². The fourth-order valence-electron chi connectivity index (χ4n) is 3.99. The van der Waals surface area contributed by atoms with E-state index in [-0.39, 0.29) is 23.8 Å². The van der Waals surface area contributed by atoms with E-state index in [9.17, 15) is 14.4 Å². The molecular formula is C23H34N4O4. The van der Waals surface area contributed by atoms with Gasteiger partial charge in [0.15, 0.2) is 0 Å². The van der Waals surface area contributed by atoms with Crippen LogP contribution in [-0.4, -0.2) is 67.7 Å². The molecule has 1 atom stereocenters. The smallest absolute Gasteiger partial charge is 0.407 e. The van der Waals surface area contributed by atoms with Crippen molar-refractivity contribution in [3.8, 4) is 0 Å². The van der Waals surface area contributed by atoms with Crippen molar-refractivity contribution in [1.82, 2.24) is 15.5 Å². The molecule has 1 aromatic rings. The van der Waals surface area contributed by atoms with Crippen LogP contribution in [0.15, 0.2) is 24.3 Å². The number of hydrogen-bond donors (Lipinski definition) is 2. The van der Waals surface area contributed by atoms with Gasteiger partial charge in [-0.25, -0.2) is 4.79 Å². The standard InChI is InChI=1S/C23H34N4O4/c1-23(2,3)31-22(30)24-10-5-11-26-12-14-27(15-13-26)18-7-4-6-17(16-18)19-8-9-20(28)25-21(19)29/h4,6-7,16,19H,5,8-15H2,1-3H3,(H,24,30)(H,25,28,29). The van der Waals surface area contributed by atoms with E-state index >= 15 is 0 Å². The zero-order valence-electron chi connectivity index (χ0n) is 18.8. The molecule has 2 saturated heterocycles. The summed E-state index contributed by atoms with van der Waals surface area (Å²) in [7, 11) is 0. The number of nitrogens with zero attached hydrogens (tertiary/aromatic N) is 2. The zero-order valence-corrected chi connectivity index (χ0v) is 18.8. The average molecular weight is 431 g/mol. The van der Waals surface area contributed by atoms with E-state index in [1.807, 2.05) is 32.9 Å². The molecule has 2 aliphatic heterocycles. The van der Waals surface area contributed by atoms with Crippen molar-refractivity contribution in [1.29, 1.82) is 0 Å². The second kappa shape index (κ2) is 10.1. The summed E-state index contributed by atoms with van der Waals surface area (Å²) in [5.41, 5.74) is 1.61. The Balaban J connectivity index is 1.42. The van der Waals surface area contributed by atoms with Crippen molar-refractivity contribution in [2.24, 2.45) is 0 Å². The van der Waals surface area contributed by atoms with Crippen LogP contribution < -0.4 is 15.5 Å². The van der Waals surface area contributed by atoms with Gasteiger partial charge in [-0.05, 0) is 57.9 Å². The number of rotatable bonds is 6. The van der Waals surface area contributed by atoms with Crippen LogP contribution in [0, 0.1) is 0 Å². The van der Waals surface area contributed by atoms with Crippen molar-refractivity contribution in [2.45, 2.75) is 51.6 Å². The van der Waals surface area contributed by atoms with Crippen molar-refractivity contribution < 1.29 is 19.1 Å². The third kappa shape index (κ3) is 6.95. The van der Waals surface area contributed by atoms with Gasteiger partial charge in [-0.1, -0.05) is 12.1 Å². The highest BCUT2D eigenvalue weighted by atomic mass is 16.6. The fraction of sp³-hybridized carbons (Fsp3) is 0.609. The Labute approximate surface area is 184 Å². The Morgan fingerprint density at radius 1 is 1.19 bits per heavy atom. The Bertz CT molecular complexity index is 797. The van der Waals surface area contributed by atoms with Crippen molar-refractivity contribution >= 4 is 23.6 Å². The van der Waals surface area contributed by atoms with E-state index < -0.39 is 5.60 Å². The van der Waals surface area contributed by atoms with Crippen LogP contribution in [0.4, 0.5) is 10.5 Å². The highest BCUT2D eigenvalue weighted by Crippen LogP contribution is 2.28. The molecule has 0 saturated carbocycles. The lowest BCUT2D eigenvalue weighted by atomic mass is 9.90. The van der Waals surface area contributed by atoms with Gasteiger partial charge in [0, 0.05) is 44.8 Å². The zero-order chi connectivity index (χ0) is 22.4. The number of piperidine rings is 1. The summed E-state index contributed by atoms with van der Waals surface area (Å²) >= 11 is 0. The van der Waals surface area contributed by atoms with E-state index in [4.69, 9.17) is 4.74 Å². The van der Waals surface area contributed by atoms with Crippen molar-refractivity contribution in [3.63, 3.8) is 0 Å². The van der Waals surface area contributed by atoms with Gasteiger partial charge >= 0.3 is 6.09 Å². The lowest BCUT2D eigenvalue weighted by molar-refractivity contribution is -0.134. The number of amides is 3. The lowest BCUT2D eigenvalue weighted by Gasteiger charge is -2.36. The maximum absolute atomic E-state index is 12.2. The summed E-state index contributed by atoms with van der Waals surface area (Å²) in [5.74, 6) is -0.635. The number of ether oxygens (including phenoxy) is 1. The van der Waals surface area contributed by atoms with E-state index in [0.717, 1.165) is 50.4 Å². The third-order valence-corrected chi connectivity index (χ3v) is 5.57. The monoisotopic (exact) mass is 430 g/mol. The predicted octanol–water partition coefficient (Wildman–Crippen LogP) is 2.24. The number of anilines is 1. The molecule has 0 radical (unpaired) electrons. The number of imide groups is 1. The van der Waals surface area contributed by atoms with E-state index in [0.29, 0.717) is 19.4 Å². The quantitative estimate of drug-likeness (QED) is 0.531. The van der Waals surface area contributed by atoms with Crippen molar-refractivity contribution in [3.05, 3.63) is 29.8 Å². The topological polar surface area (TPSA) is 91.0 Å². The Kier molecular flexibility index (Phi) is 7.54.